The lowest BCUT2D eigenvalue weighted by molar-refractivity contribution is 0.609. The van der Waals surface area contributed by atoms with E-state index in [1.54, 1.807) is 11.3 Å². The highest BCUT2D eigenvalue weighted by Crippen LogP contribution is 2.34. The Balaban J connectivity index is 1.77. The van der Waals surface area contributed by atoms with E-state index >= 15 is 0 Å². The summed E-state index contributed by atoms with van der Waals surface area (Å²) >= 11 is 1.69. The molecule has 1 heterocycles. The number of rotatable bonds is 6. The van der Waals surface area contributed by atoms with E-state index in [0.717, 1.165) is 16.1 Å². The number of nitrogens with one attached hydrogen (secondary N) is 1. The predicted octanol–water partition coefficient (Wildman–Crippen LogP) is 3.65. The summed E-state index contributed by atoms with van der Waals surface area (Å²) in [6, 6.07) is 0.522. The number of hydrogen-bond acceptors (Lipinski definition) is 4. The molecule has 1 aliphatic rings. The average molecular weight is 239 g/mol. The van der Waals surface area contributed by atoms with Gasteiger partial charge in [0, 0.05) is 12.0 Å². The number of nitrogens with zero attached hydrogens (tertiary/aromatic N) is 2. The molecule has 0 amide bonds. The second-order valence-corrected chi connectivity index (χ2v) is 6.18. The van der Waals surface area contributed by atoms with Crippen molar-refractivity contribution in [1.29, 1.82) is 0 Å². The molecule has 0 radical (unpaired) electrons. The van der Waals surface area contributed by atoms with Crippen molar-refractivity contribution >= 4 is 16.5 Å². The van der Waals surface area contributed by atoms with Gasteiger partial charge in [0.15, 0.2) is 0 Å². The van der Waals surface area contributed by atoms with Gasteiger partial charge in [-0.15, -0.1) is 10.2 Å². The van der Waals surface area contributed by atoms with Crippen molar-refractivity contribution < 1.29 is 0 Å². The van der Waals surface area contributed by atoms with Gasteiger partial charge in [-0.1, -0.05) is 38.0 Å². The van der Waals surface area contributed by atoms with Gasteiger partial charge in [-0.2, -0.15) is 0 Å². The van der Waals surface area contributed by atoms with Crippen LogP contribution in [0.4, 0.5) is 5.13 Å². The smallest absolute Gasteiger partial charge is 0.205 e. The second kappa shape index (κ2) is 5.13. The molecule has 1 N–H and O–H groups in total. The van der Waals surface area contributed by atoms with E-state index in [9.17, 15) is 0 Å². The maximum Gasteiger partial charge on any atom is 0.205 e. The first-order chi connectivity index (χ1) is 7.65. The van der Waals surface area contributed by atoms with Crippen LogP contribution in [-0.4, -0.2) is 16.2 Å². The van der Waals surface area contributed by atoms with Gasteiger partial charge in [0.25, 0.3) is 0 Å². The molecule has 0 bridgehead atoms. The van der Waals surface area contributed by atoms with Gasteiger partial charge in [0.2, 0.25) is 5.13 Å². The monoisotopic (exact) mass is 239 g/mol. The van der Waals surface area contributed by atoms with Crippen LogP contribution in [-0.2, 0) is 0 Å². The highest BCUT2D eigenvalue weighted by atomic mass is 32.1. The van der Waals surface area contributed by atoms with Gasteiger partial charge in [-0.3, -0.25) is 0 Å². The maximum atomic E-state index is 4.18. The van der Waals surface area contributed by atoms with Crippen molar-refractivity contribution in [2.75, 3.05) is 5.32 Å². The largest absolute Gasteiger partial charge is 0.358 e. The van der Waals surface area contributed by atoms with Gasteiger partial charge in [-0.05, 0) is 25.7 Å². The summed E-state index contributed by atoms with van der Waals surface area (Å²) in [6.07, 6.45) is 5.51. The minimum absolute atomic E-state index is 0.481. The standard InChI is InChI=1S/C12H21N3S/c1-8(2)11-14-15-12(16-11)13-9(3)4-5-10-6-7-10/h8-10H,4-7H2,1-3H3,(H,13,15). The van der Waals surface area contributed by atoms with Crippen LogP contribution in [0.25, 0.3) is 0 Å². The molecule has 16 heavy (non-hydrogen) atoms. The quantitative estimate of drug-likeness (QED) is 0.823. The molecule has 3 nitrogen and oxygen atoms in total. The fraction of sp³-hybridized carbons (Fsp3) is 0.833. The maximum absolute atomic E-state index is 4.18. The number of hydrogen-bond donors (Lipinski definition) is 1. The van der Waals surface area contributed by atoms with Gasteiger partial charge in [0.1, 0.15) is 5.01 Å². The Kier molecular flexibility index (Phi) is 3.79. The third kappa shape index (κ3) is 3.44. The highest BCUT2D eigenvalue weighted by molar-refractivity contribution is 7.15. The van der Waals surface area contributed by atoms with Gasteiger partial charge in [0.05, 0.1) is 0 Å². The van der Waals surface area contributed by atoms with E-state index in [2.05, 4.69) is 36.3 Å². The summed E-state index contributed by atoms with van der Waals surface area (Å²) in [5.74, 6) is 1.50. The molecule has 0 aromatic carbocycles. The Hall–Kier alpha value is -0.640. The Morgan fingerprint density at radius 1 is 1.31 bits per heavy atom. The minimum atomic E-state index is 0.481. The van der Waals surface area contributed by atoms with Crippen molar-refractivity contribution in [1.82, 2.24) is 10.2 Å². The number of anilines is 1. The van der Waals surface area contributed by atoms with Crippen LogP contribution in [0.2, 0.25) is 0 Å². The Labute approximate surface area is 102 Å². The SMILES string of the molecule is CC(CCC1CC1)Nc1nnc(C(C)C)s1. The lowest BCUT2D eigenvalue weighted by atomic mass is 10.1. The fourth-order valence-corrected chi connectivity index (χ4v) is 2.56. The predicted molar refractivity (Wildman–Crippen MR) is 69.0 cm³/mol. The first-order valence-corrected chi connectivity index (χ1v) is 7.06. The van der Waals surface area contributed by atoms with Crippen LogP contribution in [0, 0.1) is 5.92 Å². The second-order valence-electron chi connectivity index (χ2n) is 5.17. The van der Waals surface area contributed by atoms with Gasteiger partial charge >= 0.3 is 0 Å². The fourth-order valence-electron chi connectivity index (χ4n) is 1.70. The topological polar surface area (TPSA) is 37.8 Å². The highest BCUT2D eigenvalue weighted by Gasteiger charge is 2.21. The zero-order chi connectivity index (χ0) is 11.5. The van der Waals surface area contributed by atoms with Crippen LogP contribution in [0.1, 0.15) is 57.4 Å². The molecule has 1 aromatic rings. The Morgan fingerprint density at radius 3 is 2.62 bits per heavy atom. The minimum Gasteiger partial charge on any atom is -0.358 e. The van der Waals surface area contributed by atoms with E-state index < -0.39 is 0 Å². The van der Waals surface area contributed by atoms with E-state index in [-0.39, 0.29) is 0 Å². The van der Waals surface area contributed by atoms with Gasteiger partial charge < -0.3 is 5.32 Å². The average Bonchev–Trinajstić information content (AvgIpc) is 2.95. The van der Waals surface area contributed by atoms with Crippen LogP contribution >= 0.6 is 11.3 Å². The van der Waals surface area contributed by atoms with Crippen LogP contribution in [0.3, 0.4) is 0 Å². The van der Waals surface area contributed by atoms with Crippen molar-refractivity contribution in [3.8, 4) is 0 Å². The lowest BCUT2D eigenvalue weighted by Crippen LogP contribution is -2.14. The summed E-state index contributed by atoms with van der Waals surface area (Å²) in [5, 5.41) is 13.9. The van der Waals surface area contributed by atoms with Crippen LogP contribution in [0.5, 0.6) is 0 Å². The van der Waals surface area contributed by atoms with Crippen molar-refractivity contribution in [3.05, 3.63) is 5.01 Å². The molecule has 1 unspecified atom stereocenters. The molecule has 1 fully saturated rings. The molecular formula is C12H21N3S. The summed E-state index contributed by atoms with van der Waals surface area (Å²) < 4.78 is 0. The third-order valence-corrected chi connectivity index (χ3v) is 4.16. The van der Waals surface area contributed by atoms with E-state index in [4.69, 9.17) is 0 Å². The van der Waals surface area contributed by atoms with Crippen LogP contribution < -0.4 is 5.32 Å². The molecule has 1 aromatic heterocycles. The molecule has 0 saturated heterocycles. The molecule has 1 saturated carbocycles. The van der Waals surface area contributed by atoms with E-state index in [1.165, 1.54) is 25.7 Å². The zero-order valence-electron chi connectivity index (χ0n) is 10.4. The molecule has 1 aliphatic carbocycles. The first-order valence-electron chi connectivity index (χ1n) is 6.25. The van der Waals surface area contributed by atoms with E-state index in [1.807, 2.05) is 0 Å². The number of aromatic nitrogens is 2. The molecule has 4 heteroatoms. The van der Waals surface area contributed by atoms with Gasteiger partial charge in [-0.25, -0.2) is 0 Å². The Morgan fingerprint density at radius 2 is 2.06 bits per heavy atom. The Bertz CT molecular complexity index is 331. The summed E-state index contributed by atoms with van der Waals surface area (Å²) in [6.45, 7) is 6.54. The normalized spacial score (nSPS) is 17.8. The molecule has 0 aliphatic heterocycles. The third-order valence-electron chi connectivity index (χ3n) is 3.01. The first kappa shape index (κ1) is 11.8. The summed E-state index contributed by atoms with van der Waals surface area (Å²) in [5.41, 5.74) is 0. The molecular weight excluding hydrogens is 218 g/mol. The van der Waals surface area contributed by atoms with Crippen LogP contribution in [0.15, 0.2) is 0 Å². The summed E-state index contributed by atoms with van der Waals surface area (Å²) in [7, 11) is 0. The zero-order valence-corrected chi connectivity index (χ0v) is 11.2. The molecule has 90 valence electrons. The van der Waals surface area contributed by atoms with Crippen molar-refractivity contribution in [2.45, 2.75) is 58.4 Å². The molecule has 1 atom stereocenters. The lowest BCUT2D eigenvalue weighted by Gasteiger charge is -2.11. The van der Waals surface area contributed by atoms with Crippen molar-refractivity contribution in [3.63, 3.8) is 0 Å². The van der Waals surface area contributed by atoms with E-state index in [0.29, 0.717) is 12.0 Å². The molecule has 0 spiro atoms. The summed E-state index contributed by atoms with van der Waals surface area (Å²) in [4.78, 5) is 0. The van der Waals surface area contributed by atoms with Crippen molar-refractivity contribution in [2.24, 2.45) is 5.92 Å². The molecule has 2 rings (SSSR count).